The van der Waals surface area contributed by atoms with Crippen LogP contribution in [0.5, 0.6) is 0 Å². The van der Waals surface area contributed by atoms with E-state index in [-0.39, 0.29) is 0 Å². The van der Waals surface area contributed by atoms with Gasteiger partial charge in [-0.05, 0) is 0 Å². The normalized spacial score (nSPS) is 13.0. The van der Waals surface area contributed by atoms with Crippen molar-refractivity contribution in [3.63, 3.8) is 0 Å². The molecule has 0 unspecified atom stereocenters. The van der Waals surface area contributed by atoms with Gasteiger partial charge in [-0.2, -0.15) is 4.52 Å². The molecular formula is C4H22Al6N3O6P3. The molecule has 0 heterocycles. The lowest BCUT2D eigenvalue weighted by molar-refractivity contribution is 0.509. The summed E-state index contributed by atoms with van der Waals surface area (Å²) in [5, 5.41) is 8.09. The first kappa shape index (κ1) is 25.6. The van der Waals surface area contributed by atoms with Gasteiger partial charge < -0.3 is 21.5 Å². The van der Waals surface area contributed by atoms with Crippen molar-refractivity contribution in [3.8, 4) is 0 Å². The lowest BCUT2D eigenvalue weighted by atomic mass is 10.8. The van der Waals surface area contributed by atoms with Crippen LogP contribution in [0.4, 0.5) is 0 Å². The molecule has 0 saturated carbocycles. The second-order valence-electron chi connectivity index (χ2n) is 3.89. The highest BCUT2D eigenvalue weighted by Gasteiger charge is 2.23. The third kappa shape index (κ3) is 8.12. The molecule has 0 atom stereocenters. The van der Waals surface area contributed by atoms with Gasteiger partial charge in [0.25, 0.3) is 7.66 Å². The van der Waals surface area contributed by atoms with E-state index in [2.05, 4.69) is 4.74 Å². The van der Waals surface area contributed by atoms with Gasteiger partial charge in [0.05, 0.1) is 6.54 Å². The monoisotopic (exact) mass is 463 g/mol. The molecule has 18 heteroatoms. The van der Waals surface area contributed by atoms with Gasteiger partial charge in [-0.25, -0.2) is 4.74 Å². The van der Waals surface area contributed by atoms with Gasteiger partial charge in [-0.15, -0.1) is 0 Å². The summed E-state index contributed by atoms with van der Waals surface area (Å²) in [6.45, 7) is 2.38. The second kappa shape index (κ2) is 12.9. The van der Waals surface area contributed by atoms with Crippen molar-refractivity contribution in [1.82, 2.24) is 0 Å². The molecular weight excluding hydrogens is 441 g/mol. The Morgan fingerprint density at radius 1 is 0.864 bits per heavy atom. The molecule has 0 aliphatic heterocycles. The number of hydrogen-bond acceptors (Lipinski definition) is 8. The largest absolute Gasteiger partial charge is 0.459 e. The first-order valence-electron chi connectivity index (χ1n) is 6.52. The minimum Gasteiger partial charge on any atom is -0.459 e. The van der Waals surface area contributed by atoms with E-state index in [4.69, 9.17) is 31.1 Å². The number of nitrogens with zero attached hydrogens (tertiary/aromatic N) is 2. The molecule has 0 bridgehead atoms. The molecule has 0 saturated heterocycles. The van der Waals surface area contributed by atoms with Gasteiger partial charge in [0.1, 0.15) is 0 Å². The Kier molecular flexibility index (Phi) is 15.1. The summed E-state index contributed by atoms with van der Waals surface area (Å²) in [7, 11) is -7.43. The molecule has 0 aliphatic carbocycles. The summed E-state index contributed by atoms with van der Waals surface area (Å²) in [6, 6.07) is 0. The molecule has 122 valence electrons. The van der Waals surface area contributed by atoms with Gasteiger partial charge in [-0.3, -0.25) is 5.16 Å². The fraction of sp³-hybridized carbons (Fsp3) is 1.00. The quantitative estimate of drug-likeness (QED) is 0.281. The maximum absolute atomic E-state index is 8.09. The van der Waals surface area contributed by atoms with E-state index in [1.165, 1.54) is 0 Å². The van der Waals surface area contributed by atoms with E-state index in [1.807, 2.05) is 6.92 Å². The number of nitrogens with one attached hydrogen (secondary N) is 1. The van der Waals surface area contributed by atoms with E-state index in [0.29, 0.717) is 119 Å². The third-order valence-corrected chi connectivity index (χ3v) is 20.2. The summed E-state index contributed by atoms with van der Waals surface area (Å²) in [5.74, 6) is 0. The van der Waals surface area contributed by atoms with Gasteiger partial charge in [0.2, 0.25) is 0 Å². The summed E-state index contributed by atoms with van der Waals surface area (Å²) < 4.78 is 42.4. The predicted octanol–water partition coefficient (Wildman–Crippen LogP) is -2.02. The summed E-state index contributed by atoms with van der Waals surface area (Å²) in [4.78, 5) is 0. The van der Waals surface area contributed by atoms with Crippen LogP contribution in [0.3, 0.4) is 0 Å². The lowest BCUT2D eigenvalue weighted by Gasteiger charge is -2.28. The van der Waals surface area contributed by atoms with Crippen molar-refractivity contribution in [2.75, 3.05) is 18.9 Å². The van der Waals surface area contributed by atoms with Crippen molar-refractivity contribution < 1.29 is 21.5 Å². The highest BCUT2D eigenvalue weighted by molar-refractivity contribution is 7.69. The van der Waals surface area contributed by atoms with Crippen LogP contribution < -0.4 is 0 Å². The SMILES string of the molecule is CCP(=NP(=NCCP(=N)([O][AlH2])[O][AlH2])([O][AlH2])[O][AlH2])([O][AlH2])[O][AlH2]. The fourth-order valence-electron chi connectivity index (χ4n) is 1.49. The average Bonchev–Trinajstić information content (AvgIpc) is 2.58. The first-order valence-corrected chi connectivity index (χ1v) is 16.5. The number of rotatable bonds is 11. The topological polar surface area (TPSA) is 104 Å². The average molecular weight is 463 g/mol. The molecule has 0 amide bonds. The van der Waals surface area contributed by atoms with Crippen LogP contribution >= 0.6 is 22.7 Å². The Labute approximate surface area is 182 Å². The van der Waals surface area contributed by atoms with Crippen LogP contribution in [0.2, 0.25) is 0 Å². The zero-order valence-corrected chi connectivity index (χ0v) is 29.0. The van der Waals surface area contributed by atoms with Gasteiger partial charge in [0, 0.05) is 12.3 Å². The van der Waals surface area contributed by atoms with Crippen molar-refractivity contribution in [2.45, 2.75) is 6.92 Å². The maximum atomic E-state index is 8.09. The fourth-order valence-corrected chi connectivity index (χ4v) is 18.5. The van der Waals surface area contributed by atoms with Crippen molar-refractivity contribution in [1.29, 1.82) is 5.16 Å². The molecule has 0 rings (SSSR count). The van der Waals surface area contributed by atoms with E-state index in [9.17, 15) is 0 Å². The summed E-state index contributed by atoms with van der Waals surface area (Å²) >= 11 is 3.00. The molecule has 1 N–H and O–H groups in total. The van der Waals surface area contributed by atoms with Crippen LogP contribution in [0.25, 0.3) is 0 Å². The van der Waals surface area contributed by atoms with E-state index < -0.39 is 22.7 Å². The predicted molar refractivity (Wildman–Crippen MR) is 106 cm³/mol. The smallest absolute Gasteiger partial charge is 0.423 e. The molecule has 0 spiro atoms. The van der Waals surface area contributed by atoms with Gasteiger partial charge >= 0.3 is 99.7 Å². The van der Waals surface area contributed by atoms with E-state index in [0.717, 1.165) is 0 Å². The highest BCUT2D eigenvalue weighted by Crippen LogP contribution is 2.64. The first-order chi connectivity index (χ1) is 10.3. The van der Waals surface area contributed by atoms with E-state index in [1.54, 1.807) is 0 Å². The van der Waals surface area contributed by atoms with Crippen LogP contribution in [0.1, 0.15) is 6.92 Å². The maximum Gasteiger partial charge on any atom is 0.423 e. The highest BCUT2D eigenvalue weighted by atomic mass is 31.2. The molecule has 0 aromatic carbocycles. The zero-order valence-electron chi connectivity index (χ0n) is 14.3. The molecule has 9 nitrogen and oxygen atoms in total. The Morgan fingerprint density at radius 2 is 1.36 bits per heavy atom. The lowest BCUT2D eigenvalue weighted by Crippen LogP contribution is -2.01. The third-order valence-electron chi connectivity index (χ3n) is 2.96. The van der Waals surface area contributed by atoms with Gasteiger partial charge in [0.15, 0.2) is 15.0 Å². The second-order valence-corrected chi connectivity index (χ2v) is 18.3. The zero-order chi connectivity index (χ0) is 17.3. The standard InChI is InChI=1S/C4H10N3O6P3.6Al.12H/c1-2-15(10,11)7-16(12,13)6-3-4-14(5,8)9;;;;;;;;;;;;;;;;;;/h2-4H2,1H3,(H-6,5,8,9,10,11,12,13);;;;;;;;;;;;;;;;;;/q-6;6*+1;;;;;;;;;;;;. The Balaban J connectivity index is 5.56. The van der Waals surface area contributed by atoms with E-state index >= 15 is 0 Å². The molecule has 0 aromatic heterocycles. The minimum absolute atomic E-state index is 0.384. The molecule has 0 fully saturated rings. The minimum atomic E-state index is -2.67. The van der Waals surface area contributed by atoms with Gasteiger partial charge in [-0.1, -0.05) is 6.92 Å². The summed E-state index contributed by atoms with van der Waals surface area (Å²) in [5.41, 5.74) is 0. The molecule has 22 heavy (non-hydrogen) atoms. The summed E-state index contributed by atoms with van der Waals surface area (Å²) in [6.07, 6.45) is 1.13. The van der Waals surface area contributed by atoms with Crippen molar-refractivity contribution in [3.05, 3.63) is 0 Å². The van der Waals surface area contributed by atoms with Crippen LogP contribution in [-0.4, -0.2) is 119 Å². The van der Waals surface area contributed by atoms with Crippen LogP contribution in [-0.2, 0) is 21.5 Å². The molecule has 0 radical (unpaired) electrons. The number of hydrogen-bond donors (Lipinski definition) is 1. The molecule has 0 aromatic rings. The van der Waals surface area contributed by atoms with Crippen LogP contribution in [0, 0.1) is 5.16 Å². The van der Waals surface area contributed by atoms with Crippen molar-refractivity contribution in [2.24, 2.45) is 9.26 Å². The Bertz CT molecular complexity index is 459. The van der Waals surface area contributed by atoms with Crippen molar-refractivity contribution >= 4 is 122 Å². The Morgan fingerprint density at radius 3 is 1.68 bits per heavy atom. The van der Waals surface area contributed by atoms with Crippen LogP contribution in [0.15, 0.2) is 9.26 Å². The Hall–Kier alpha value is 3.64. The molecule has 0 aliphatic rings.